The Morgan fingerprint density at radius 2 is 1.24 bits per heavy atom. The van der Waals surface area contributed by atoms with Crippen molar-refractivity contribution in [3.8, 4) is 0 Å². The second kappa shape index (κ2) is 19.7. The molecule has 1 aromatic heterocycles. The van der Waals surface area contributed by atoms with E-state index in [4.69, 9.17) is 0 Å². The van der Waals surface area contributed by atoms with E-state index in [2.05, 4.69) is 5.32 Å². The maximum absolute atomic E-state index is 12.9. The molecule has 1 aromatic carbocycles. The highest BCUT2D eigenvalue weighted by Gasteiger charge is 2.27. The van der Waals surface area contributed by atoms with Gasteiger partial charge in [0, 0.05) is 89.0 Å². The lowest BCUT2D eigenvalue weighted by molar-refractivity contribution is -0.308. The molecule has 2 unspecified atom stereocenters. The number of hydrogen-bond acceptors (Lipinski definition) is 14. The number of nitrogens with one attached hydrogen (secondary N) is 1. The molecule has 1 amide bonds. The number of thiophene rings is 1. The fourth-order valence-corrected chi connectivity index (χ4v) is 6.60. The van der Waals surface area contributed by atoms with Crippen molar-refractivity contribution < 1.29 is 49.2 Å². The summed E-state index contributed by atoms with van der Waals surface area (Å²) in [4.78, 5) is 79.8. The normalized spacial score (nSPS) is 17.2. The zero-order chi connectivity index (χ0) is 35.9. The first kappa shape index (κ1) is 39.2. The lowest BCUT2D eigenvalue weighted by atomic mass is 10.1. The number of aliphatic carboxylic acids is 4. The number of benzene rings is 1. The number of ketones is 1. The predicted octanol–water partition coefficient (Wildman–Crippen LogP) is -3.10. The van der Waals surface area contributed by atoms with E-state index >= 15 is 0 Å². The molecule has 0 saturated carbocycles. The molecule has 3 rings (SSSR count). The van der Waals surface area contributed by atoms with Crippen molar-refractivity contribution in [3.05, 3.63) is 57.8 Å². The molecule has 2 atom stereocenters. The minimum atomic E-state index is -1.34. The Labute approximate surface area is 288 Å². The number of carboxylic acid groups (broad SMARTS) is 4. The number of amides is 1. The summed E-state index contributed by atoms with van der Waals surface area (Å²) in [5.41, 5.74) is 0.552. The quantitative estimate of drug-likeness (QED) is 0.131. The minimum absolute atomic E-state index is 0.121. The van der Waals surface area contributed by atoms with Gasteiger partial charge in [0.15, 0.2) is 0 Å². The fourth-order valence-electron chi connectivity index (χ4n) is 5.58. The Bertz CT molecular complexity index is 1410. The third kappa shape index (κ3) is 13.3. The Morgan fingerprint density at radius 3 is 1.71 bits per heavy atom. The summed E-state index contributed by atoms with van der Waals surface area (Å²) in [6.45, 7) is 1.67. The zero-order valence-corrected chi connectivity index (χ0v) is 28.2. The highest BCUT2D eigenvalue weighted by atomic mass is 32.1. The Morgan fingerprint density at radius 1 is 0.755 bits per heavy atom. The van der Waals surface area contributed by atoms with Crippen molar-refractivity contribution in [1.29, 1.82) is 0 Å². The van der Waals surface area contributed by atoms with Crippen LogP contribution < -0.4 is 20.6 Å². The van der Waals surface area contributed by atoms with Gasteiger partial charge in [-0.3, -0.25) is 34.0 Å². The summed E-state index contributed by atoms with van der Waals surface area (Å²) < 4.78 is 0. The molecule has 0 spiro atoms. The van der Waals surface area contributed by atoms with Crippen LogP contribution in [0.3, 0.4) is 0 Å². The van der Waals surface area contributed by atoms with Gasteiger partial charge in [0.2, 0.25) is 11.7 Å². The Hall–Kier alpha value is -4.22. The van der Waals surface area contributed by atoms with Crippen LogP contribution in [0.15, 0.2) is 42.5 Å². The van der Waals surface area contributed by atoms with Crippen molar-refractivity contribution >= 4 is 46.9 Å². The number of carbonyl (C=O) groups is 6. The van der Waals surface area contributed by atoms with Crippen LogP contribution in [-0.4, -0.2) is 145 Å². The summed E-state index contributed by atoms with van der Waals surface area (Å²) in [6, 6.07) is 11.2. The zero-order valence-electron chi connectivity index (χ0n) is 27.4. The van der Waals surface area contributed by atoms with Gasteiger partial charge in [-0.25, -0.2) is 0 Å². The molecule has 2 aromatic rings. The van der Waals surface area contributed by atoms with Crippen LogP contribution in [0.4, 0.5) is 0 Å². The van der Waals surface area contributed by atoms with E-state index < -0.39 is 55.5 Å². The summed E-state index contributed by atoms with van der Waals surface area (Å²) in [5, 5.41) is 47.1. The van der Waals surface area contributed by atoms with Crippen molar-refractivity contribution in [3.63, 3.8) is 0 Å². The molecule has 1 aliphatic rings. The maximum Gasteiger partial charge on any atom is 0.320 e. The number of rotatable bonds is 16. The van der Waals surface area contributed by atoms with Crippen LogP contribution in [-0.2, 0) is 24.0 Å². The van der Waals surface area contributed by atoms with Gasteiger partial charge in [-0.15, -0.1) is 11.3 Å². The first-order valence-corrected chi connectivity index (χ1v) is 16.9. The summed E-state index contributed by atoms with van der Waals surface area (Å²) in [5.74, 6) is -6.09. The van der Waals surface area contributed by atoms with Gasteiger partial charge in [0.1, 0.15) is 6.04 Å². The number of hydrogen-bond donors (Lipinski definition) is 2. The molecule has 15 nitrogen and oxygen atoms in total. The van der Waals surface area contributed by atoms with Crippen LogP contribution in [0.5, 0.6) is 0 Å². The van der Waals surface area contributed by atoms with Crippen molar-refractivity contribution in [2.24, 2.45) is 0 Å². The van der Waals surface area contributed by atoms with Gasteiger partial charge in [-0.05, 0) is 31.9 Å². The van der Waals surface area contributed by atoms with Crippen LogP contribution in [0, 0.1) is 0 Å². The van der Waals surface area contributed by atoms with Gasteiger partial charge in [-0.2, -0.15) is 0 Å². The molecule has 0 radical (unpaired) electrons. The van der Waals surface area contributed by atoms with Gasteiger partial charge >= 0.3 is 5.97 Å². The van der Waals surface area contributed by atoms with Crippen LogP contribution in [0.2, 0.25) is 0 Å². The SMILES string of the molecule is CC(C(=O)NCCCC(C(=O)O)N1CCN(CC(=O)[O-])CCN(CC(=O)[O-])CCN(CC(=O)[O-])CC1)c1ccc(C(=O)c2ccccc2)s1. The highest BCUT2D eigenvalue weighted by Crippen LogP contribution is 2.27. The van der Waals surface area contributed by atoms with Crippen molar-refractivity contribution in [2.45, 2.75) is 31.7 Å². The molecule has 268 valence electrons. The molecule has 49 heavy (non-hydrogen) atoms. The third-order valence-electron chi connectivity index (χ3n) is 8.32. The molecule has 2 heterocycles. The molecular weight excluding hydrogens is 658 g/mol. The van der Waals surface area contributed by atoms with E-state index in [0.29, 0.717) is 21.7 Å². The summed E-state index contributed by atoms with van der Waals surface area (Å²) >= 11 is 1.24. The third-order valence-corrected chi connectivity index (χ3v) is 9.58. The van der Waals surface area contributed by atoms with Gasteiger partial charge in [0.25, 0.3) is 0 Å². The Kier molecular flexibility index (Phi) is 15.8. The average Bonchev–Trinajstić information content (AvgIpc) is 3.54. The smallest absolute Gasteiger partial charge is 0.320 e. The van der Waals surface area contributed by atoms with Gasteiger partial charge in [-0.1, -0.05) is 30.3 Å². The second-order valence-corrected chi connectivity index (χ2v) is 13.0. The van der Waals surface area contributed by atoms with Gasteiger partial charge < -0.3 is 40.1 Å². The van der Waals surface area contributed by atoms with Crippen LogP contribution in [0.1, 0.15) is 45.8 Å². The summed E-state index contributed by atoms with van der Waals surface area (Å²) in [7, 11) is 0. The van der Waals surface area contributed by atoms with Crippen molar-refractivity contribution in [2.75, 3.05) is 78.5 Å². The minimum Gasteiger partial charge on any atom is -0.549 e. The number of nitrogens with zero attached hydrogens (tertiary/aromatic N) is 4. The maximum atomic E-state index is 12.9. The Balaban J connectivity index is 1.63. The van der Waals surface area contributed by atoms with Crippen LogP contribution in [0.25, 0.3) is 0 Å². The summed E-state index contributed by atoms with van der Waals surface area (Å²) in [6.07, 6.45) is 0.441. The highest BCUT2D eigenvalue weighted by molar-refractivity contribution is 7.14. The van der Waals surface area contributed by atoms with E-state index in [1.807, 2.05) is 6.07 Å². The van der Waals surface area contributed by atoms with E-state index in [1.54, 1.807) is 48.2 Å². The molecule has 16 heteroatoms. The molecule has 2 N–H and O–H groups in total. The van der Waals surface area contributed by atoms with Crippen LogP contribution >= 0.6 is 11.3 Å². The van der Waals surface area contributed by atoms with Crippen molar-refractivity contribution in [1.82, 2.24) is 24.9 Å². The first-order valence-electron chi connectivity index (χ1n) is 16.0. The molecule has 1 aliphatic heterocycles. The molecule has 0 bridgehead atoms. The monoisotopic (exact) mass is 700 g/mol. The number of carbonyl (C=O) groups excluding carboxylic acids is 5. The van der Waals surface area contributed by atoms with E-state index in [1.165, 1.54) is 26.0 Å². The standard InChI is InChI=1S/C33H45N5O10S/c1-23(26-9-10-27(49-26)31(45)24-6-3-2-4-7-24)32(46)34-11-5-8-25(33(47)48)38-18-16-36(21-29(41)42)14-12-35(20-28(39)40)13-15-37(17-19-38)22-30(43)44/h2-4,6-7,9-10,23,25H,5,8,11-22H2,1H3,(H,34,46)(H,39,40)(H,41,42)(H,43,44)(H,47,48)/p-3. The largest absolute Gasteiger partial charge is 0.549 e. The second-order valence-electron chi connectivity index (χ2n) is 11.9. The number of carboxylic acids is 4. The van der Waals surface area contributed by atoms with Gasteiger partial charge in [0.05, 0.1) is 28.7 Å². The lowest BCUT2D eigenvalue weighted by Crippen LogP contribution is -2.53. The van der Waals surface area contributed by atoms with E-state index in [9.17, 15) is 49.2 Å². The first-order chi connectivity index (χ1) is 23.3. The molecule has 0 aliphatic carbocycles. The van der Waals surface area contributed by atoms with E-state index in [-0.39, 0.29) is 77.0 Å². The molecule has 1 fully saturated rings. The molecular formula is C33H42N5O10S-3. The fraction of sp³-hybridized carbons (Fsp3) is 0.515. The molecule has 1 saturated heterocycles. The van der Waals surface area contributed by atoms with E-state index in [0.717, 1.165) is 0 Å². The average molecular weight is 701 g/mol. The predicted molar refractivity (Wildman–Crippen MR) is 172 cm³/mol. The topological polar surface area (TPSA) is 217 Å². The lowest BCUT2D eigenvalue weighted by Gasteiger charge is -2.36.